The normalized spacial score (nSPS) is 18.2. The van der Waals surface area contributed by atoms with E-state index in [9.17, 15) is 33.5 Å². The molecule has 1 atom stereocenters. The van der Waals surface area contributed by atoms with E-state index in [0.29, 0.717) is 24.7 Å². The molecule has 6 rings (SSSR count). The summed E-state index contributed by atoms with van der Waals surface area (Å²) >= 11 is 18.5. The Morgan fingerprint density at radius 2 is 1.87 bits per heavy atom. The molecule has 2 fully saturated rings. The number of phenols is 1. The molecule has 3 aromatic rings. The van der Waals surface area contributed by atoms with Gasteiger partial charge in [-0.05, 0) is 60.7 Å². The standard InChI is InChI=1S/C30H23Cl3F3N5O4S/c31-16-3-1-4-17(32)26(16)46-20-12-21(30(33,35)36)38-27(43)23(20)28(44)41-13-14-11-19(25(42)24(34)22(14)18(41)7-8-37)40-10-2-9-39(29(40)45)15-5-6-15/h1,3-4,11-12,15,18,42H,2,5-7,9-10,13H2,(H,38,43)/t18-/m0/s1. The Morgan fingerprint density at radius 1 is 1.17 bits per heavy atom. The number of H-pyrrole nitrogens is 1. The van der Waals surface area contributed by atoms with Crippen molar-refractivity contribution >= 4 is 64.2 Å². The molecule has 1 saturated heterocycles. The number of fused-ring (bicyclic) bond motifs is 1. The van der Waals surface area contributed by atoms with Gasteiger partial charge in [0, 0.05) is 41.0 Å². The number of phenolic OH excluding ortho intramolecular Hbond substituents is 1. The number of alkyl halides is 3. The third kappa shape index (κ3) is 5.76. The van der Waals surface area contributed by atoms with Crippen LogP contribution in [0.1, 0.15) is 58.9 Å². The second-order valence-electron chi connectivity index (χ2n) is 11.1. The van der Waals surface area contributed by atoms with Crippen LogP contribution in [0.5, 0.6) is 5.75 Å². The molecule has 0 bridgehead atoms. The van der Waals surface area contributed by atoms with E-state index < -0.39 is 52.1 Å². The number of amides is 3. The number of hydrogen-bond acceptors (Lipinski definition) is 6. The first-order chi connectivity index (χ1) is 21.8. The Bertz CT molecular complexity index is 1860. The topological polar surface area (TPSA) is 121 Å². The molecule has 16 heteroatoms. The number of aromatic nitrogens is 1. The van der Waals surface area contributed by atoms with Gasteiger partial charge in [-0.25, -0.2) is 9.18 Å². The van der Waals surface area contributed by atoms with Gasteiger partial charge >= 0.3 is 11.4 Å². The predicted octanol–water partition coefficient (Wildman–Crippen LogP) is 7.37. The average Bonchev–Trinajstić information content (AvgIpc) is 3.77. The average molecular weight is 713 g/mol. The minimum atomic E-state index is -4.01. The van der Waals surface area contributed by atoms with Gasteiger partial charge in [0.15, 0.2) is 11.6 Å². The number of urea groups is 1. The Morgan fingerprint density at radius 3 is 2.50 bits per heavy atom. The number of nitriles is 1. The van der Waals surface area contributed by atoms with Gasteiger partial charge in [-0.15, -0.1) is 0 Å². The number of nitrogens with zero attached hydrogens (tertiary/aromatic N) is 4. The lowest BCUT2D eigenvalue weighted by Crippen LogP contribution is -2.50. The van der Waals surface area contributed by atoms with E-state index >= 15 is 4.39 Å². The first-order valence-corrected chi connectivity index (χ1v) is 16.0. The molecule has 46 heavy (non-hydrogen) atoms. The molecular formula is C30H23Cl3F3N5O4S. The van der Waals surface area contributed by atoms with E-state index in [1.165, 1.54) is 23.1 Å². The maximum Gasteiger partial charge on any atom is 0.362 e. The molecule has 3 amide bonds. The van der Waals surface area contributed by atoms with Gasteiger partial charge in [0.2, 0.25) is 0 Å². The number of hydrogen-bond donors (Lipinski definition) is 2. The van der Waals surface area contributed by atoms with Crippen LogP contribution in [0.3, 0.4) is 0 Å². The number of aromatic hydroxyl groups is 1. The van der Waals surface area contributed by atoms with Crippen LogP contribution in [0, 0.1) is 17.1 Å². The van der Waals surface area contributed by atoms with Gasteiger partial charge in [-0.1, -0.05) is 41.0 Å². The Hall–Kier alpha value is -3.57. The highest BCUT2D eigenvalue weighted by Gasteiger charge is 2.43. The summed E-state index contributed by atoms with van der Waals surface area (Å²) in [5, 5.41) is 16.8. The summed E-state index contributed by atoms with van der Waals surface area (Å²) in [6.45, 7) is 0.461. The fourth-order valence-electron chi connectivity index (χ4n) is 5.85. The number of carbonyl (C=O) groups is 2. The molecular weight excluding hydrogens is 690 g/mol. The molecule has 9 nitrogen and oxygen atoms in total. The molecule has 1 aliphatic carbocycles. The van der Waals surface area contributed by atoms with Gasteiger partial charge in [-0.2, -0.15) is 14.0 Å². The maximum atomic E-state index is 16.0. The van der Waals surface area contributed by atoms with Crippen molar-refractivity contribution in [3.05, 3.63) is 78.9 Å². The van der Waals surface area contributed by atoms with E-state index in [1.807, 2.05) is 11.1 Å². The van der Waals surface area contributed by atoms with Crippen molar-refractivity contribution in [3.8, 4) is 11.8 Å². The van der Waals surface area contributed by atoms with Crippen molar-refractivity contribution in [3.63, 3.8) is 0 Å². The number of rotatable bonds is 7. The van der Waals surface area contributed by atoms with Gasteiger partial charge in [0.05, 0.1) is 34.3 Å². The van der Waals surface area contributed by atoms with Gasteiger partial charge in [0.25, 0.3) is 11.5 Å². The number of benzene rings is 2. The van der Waals surface area contributed by atoms with Gasteiger partial charge < -0.3 is 19.9 Å². The monoisotopic (exact) mass is 711 g/mol. The molecule has 1 saturated carbocycles. The largest absolute Gasteiger partial charge is 0.503 e. The molecule has 2 aromatic carbocycles. The van der Waals surface area contributed by atoms with Crippen LogP contribution in [0.25, 0.3) is 0 Å². The van der Waals surface area contributed by atoms with Crippen LogP contribution in [-0.2, 0) is 11.9 Å². The lowest BCUT2D eigenvalue weighted by molar-refractivity contribution is 0.0682. The SMILES string of the molecule is N#CC[C@H]1c2c(cc(N3CCCN(C4CC4)C3=O)c(O)c2F)CN1C(=O)c1c(Sc2c(Cl)cccc2Cl)cc(C(F)(F)Cl)[nH]c1=O. The van der Waals surface area contributed by atoms with Crippen molar-refractivity contribution in [1.29, 1.82) is 5.26 Å². The van der Waals surface area contributed by atoms with Crippen LogP contribution in [0.4, 0.5) is 23.7 Å². The van der Waals surface area contributed by atoms with E-state index in [4.69, 9.17) is 34.8 Å². The number of nitrogens with one attached hydrogen (secondary N) is 1. The van der Waals surface area contributed by atoms with Crippen molar-refractivity contribution in [2.75, 3.05) is 18.0 Å². The molecule has 0 spiro atoms. The van der Waals surface area contributed by atoms with Crippen LogP contribution < -0.4 is 10.5 Å². The minimum absolute atomic E-state index is 0.0762. The molecule has 0 unspecified atom stereocenters. The van der Waals surface area contributed by atoms with E-state index in [-0.39, 0.29) is 61.8 Å². The number of aromatic amines is 1. The second-order valence-corrected chi connectivity index (χ2v) is 13.4. The lowest BCUT2D eigenvalue weighted by Gasteiger charge is -2.36. The molecule has 2 N–H and O–H groups in total. The van der Waals surface area contributed by atoms with Crippen LogP contribution in [0.2, 0.25) is 10.0 Å². The number of halogens is 6. The van der Waals surface area contributed by atoms with E-state index in [2.05, 4.69) is 0 Å². The first kappa shape index (κ1) is 32.4. The Labute approximate surface area is 279 Å². The zero-order chi connectivity index (χ0) is 33.1. The highest BCUT2D eigenvalue weighted by Crippen LogP contribution is 2.47. The smallest absolute Gasteiger partial charge is 0.362 e. The number of anilines is 1. The lowest BCUT2D eigenvalue weighted by atomic mass is 9.99. The molecule has 3 aliphatic rings. The minimum Gasteiger partial charge on any atom is -0.503 e. The summed E-state index contributed by atoms with van der Waals surface area (Å²) in [6.07, 6.45) is 1.89. The van der Waals surface area contributed by atoms with Crippen molar-refractivity contribution < 1.29 is 27.9 Å². The number of carbonyl (C=O) groups excluding carboxylic acids is 2. The van der Waals surface area contributed by atoms with E-state index in [1.54, 1.807) is 11.0 Å². The quantitative estimate of drug-likeness (QED) is 0.247. The molecule has 0 radical (unpaired) electrons. The highest BCUT2D eigenvalue weighted by molar-refractivity contribution is 7.99. The first-order valence-electron chi connectivity index (χ1n) is 14.1. The number of pyridine rings is 1. The highest BCUT2D eigenvalue weighted by atomic mass is 35.5. The maximum absolute atomic E-state index is 16.0. The predicted molar refractivity (Wildman–Crippen MR) is 165 cm³/mol. The van der Waals surface area contributed by atoms with Gasteiger partial charge in [-0.3, -0.25) is 14.5 Å². The van der Waals surface area contributed by atoms with Gasteiger partial charge in [0.1, 0.15) is 11.3 Å². The Balaban J connectivity index is 1.42. The second kappa shape index (κ2) is 12.2. The summed E-state index contributed by atoms with van der Waals surface area (Å²) in [5.41, 5.74) is -2.83. The fraction of sp³-hybridized carbons (Fsp3) is 0.333. The summed E-state index contributed by atoms with van der Waals surface area (Å²) < 4.78 is 44.3. The van der Waals surface area contributed by atoms with Crippen molar-refractivity contribution in [2.24, 2.45) is 0 Å². The third-order valence-corrected chi connectivity index (χ3v) is 10.4. The zero-order valence-corrected chi connectivity index (χ0v) is 26.7. The summed E-state index contributed by atoms with van der Waals surface area (Å²) in [6, 6.07) is 7.10. The third-order valence-electron chi connectivity index (χ3n) is 8.12. The van der Waals surface area contributed by atoms with Crippen LogP contribution in [-0.4, -0.2) is 51.0 Å². The van der Waals surface area contributed by atoms with Crippen molar-refractivity contribution in [2.45, 2.75) is 59.5 Å². The van der Waals surface area contributed by atoms with Crippen molar-refractivity contribution in [1.82, 2.24) is 14.8 Å². The van der Waals surface area contributed by atoms with E-state index in [0.717, 1.165) is 23.8 Å². The fourth-order valence-corrected chi connectivity index (χ4v) is 7.59. The summed E-state index contributed by atoms with van der Waals surface area (Å²) in [5.74, 6) is -2.93. The molecule has 3 heterocycles. The van der Waals surface area contributed by atoms with Crippen LogP contribution >= 0.6 is 46.6 Å². The molecule has 240 valence electrons. The summed E-state index contributed by atoms with van der Waals surface area (Å²) in [7, 11) is 0. The summed E-state index contributed by atoms with van der Waals surface area (Å²) in [4.78, 5) is 46.6. The zero-order valence-electron chi connectivity index (χ0n) is 23.6. The Kier molecular flexibility index (Phi) is 8.60. The molecule has 2 aliphatic heterocycles. The van der Waals surface area contributed by atoms with Crippen LogP contribution in [0.15, 0.2) is 44.9 Å². The molecule has 1 aromatic heterocycles.